The molecule has 106 valence electrons. The highest BCUT2D eigenvalue weighted by Gasteiger charge is 2.33. The number of hydrogen-bond donors (Lipinski definition) is 1. The van der Waals surface area contributed by atoms with E-state index in [0.29, 0.717) is 19.5 Å². The maximum absolute atomic E-state index is 12.7. The van der Waals surface area contributed by atoms with Crippen molar-refractivity contribution in [3.8, 4) is 0 Å². The van der Waals surface area contributed by atoms with Gasteiger partial charge in [0.15, 0.2) is 0 Å². The third-order valence-corrected chi connectivity index (χ3v) is 5.96. The van der Waals surface area contributed by atoms with Crippen molar-refractivity contribution in [1.82, 2.24) is 0 Å². The van der Waals surface area contributed by atoms with Gasteiger partial charge in [0.2, 0.25) is 10.0 Å². The van der Waals surface area contributed by atoms with Gasteiger partial charge in [0.05, 0.1) is 10.9 Å². The van der Waals surface area contributed by atoms with Crippen molar-refractivity contribution in [2.45, 2.75) is 37.4 Å². The first kappa shape index (κ1) is 14.3. The number of hydrogen-bond acceptors (Lipinski definition) is 3. The van der Waals surface area contributed by atoms with Crippen molar-refractivity contribution in [2.75, 3.05) is 17.4 Å². The van der Waals surface area contributed by atoms with E-state index < -0.39 is 10.0 Å². The van der Waals surface area contributed by atoms with Gasteiger partial charge in [-0.3, -0.25) is 4.31 Å². The van der Waals surface area contributed by atoms with Crippen LogP contribution in [0.4, 0.5) is 5.69 Å². The third kappa shape index (κ3) is 3.28. The molecule has 1 aromatic rings. The summed E-state index contributed by atoms with van der Waals surface area (Å²) in [5.74, 6) is 0. The van der Waals surface area contributed by atoms with E-state index in [9.17, 15) is 8.42 Å². The van der Waals surface area contributed by atoms with Gasteiger partial charge in [-0.05, 0) is 37.9 Å². The summed E-state index contributed by atoms with van der Waals surface area (Å²) in [6.45, 7) is 0.975. The van der Waals surface area contributed by atoms with Gasteiger partial charge in [-0.15, -0.1) is 0 Å². The van der Waals surface area contributed by atoms with Crippen molar-refractivity contribution < 1.29 is 8.42 Å². The van der Waals surface area contributed by atoms with E-state index in [-0.39, 0.29) is 5.25 Å². The van der Waals surface area contributed by atoms with Gasteiger partial charge < -0.3 is 5.73 Å². The lowest BCUT2D eigenvalue weighted by molar-refractivity contribution is 0.573. The number of nitrogens with zero attached hydrogens (tertiary/aromatic N) is 1. The molecule has 0 aromatic heterocycles. The van der Waals surface area contributed by atoms with E-state index >= 15 is 0 Å². The summed E-state index contributed by atoms with van der Waals surface area (Å²) < 4.78 is 27.0. The Morgan fingerprint density at radius 3 is 2.37 bits per heavy atom. The van der Waals surface area contributed by atoms with E-state index in [1.54, 1.807) is 4.31 Å². The van der Waals surface area contributed by atoms with Crippen LogP contribution in [-0.2, 0) is 10.0 Å². The average Bonchev–Trinajstić information content (AvgIpc) is 2.95. The Kier molecular flexibility index (Phi) is 4.82. The van der Waals surface area contributed by atoms with Gasteiger partial charge in [0, 0.05) is 6.54 Å². The Hall–Kier alpha value is -1.07. The van der Waals surface area contributed by atoms with Crippen LogP contribution in [0.2, 0.25) is 0 Å². The van der Waals surface area contributed by atoms with Crippen molar-refractivity contribution in [3.05, 3.63) is 30.3 Å². The fourth-order valence-corrected chi connectivity index (χ4v) is 4.69. The van der Waals surface area contributed by atoms with Crippen LogP contribution < -0.4 is 10.0 Å². The minimum atomic E-state index is -3.25. The second-order valence-corrected chi connectivity index (χ2v) is 7.14. The monoisotopic (exact) mass is 282 g/mol. The molecule has 2 N–H and O–H groups in total. The van der Waals surface area contributed by atoms with Gasteiger partial charge in [-0.2, -0.15) is 0 Å². The lowest BCUT2D eigenvalue weighted by Gasteiger charge is -2.27. The van der Waals surface area contributed by atoms with Gasteiger partial charge >= 0.3 is 0 Å². The largest absolute Gasteiger partial charge is 0.330 e. The molecule has 1 saturated carbocycles. The number of anilines is 1. The summed E-state index contributed by atoms with van der Waals surface area (Å²) in [7, 11) is -3.25. The fourth-order valence-electron chi connectivity index (χ4n) is 2.60. The van der Waals surface area contributed by atoms with E-state index in [4.69, 9.17) is 5.73 Å². The molecule has 0 spiro atoms. The van der Waals surface area contributed by atoms with E-state index in [1.807, 2.05) is 30.3 Å². The quantitative estimate of drug-likeness (QED) is 0.869. The first-order valence-corrected chi connectivity index (χ1v) is 8.43. The van der Waals surface area contributed by atoms with Crippen molar-refractivity contribution in [3.63, 3.8) is 0 Å². The molecule has 0 radical (unpaired) electrons. The zero-order valence-corrected chi connectivity index (χ0v) is 12.0. The second-order valence-electron chi connectivity index (χ2n) is 5.00. The molecule has 19 heavy (non-hydrogen) atoms. The maximum atomic E-state index is 12.7. The number of benzene rings is 1. The normalized spacial score (nSPS) is 16.7. The van der Waals surface area contributed by atoms with Crippen LogP contribution in [0.1, 0.15) is 32.1 Å². The van der Waals surface area contributed by atoms with Crippen LogP contribution in [0.25, 0.3) is 0 Å². The Morgan fingerprint density at radius 1 is 1.16 bits per heavy atom. The summed E-state index contributed by atoms with van der Waals surface area (Å²) in [5, 5.41) is -0.217. The topological polar surface area (TPSA) is 63.4 Å². The molecule has 0 atom stereocenters. The predicted molar refractivity (Wildman–Crippen MR) is 78.6 cm³/mol. The minimum Gasteiger partial charge on any atom is -0.330 e. The lowest BCUT2D eigenvalue weighted by atomic mass is 10.3. The Balaban J connectivity index is 2.26. The zero-order valence-electron chi connectivity index (χ0n) is 11.2. The van der Waals surface area contributed by atoms with Gasteiger partial charge in [-0.1, -0.05) is 31.0 Å². The number of para-hydroxylation sites is 1. The molecule has 0 bridgehead atoms. The van der Waals surface area contributed by atoms with Crippen molar-refractivity contribution in [1.29, 1.82) is 0 Å². The molecule has 1 aromatic carbocycles. The van der Waals surface area contributed by atoms with Crippen LogP contribution >= 0.6 is 0 Å². The fraction of sp³-hybridized carbons (Fsp3) is 0.571. The second kappa shape index (κ2) is 6.39. The van der Waals surface area contributed by atoms with Crippen LogP contribution in [0.5, 0.6) is 0 Å². The highest BCUT2D eigenvalue weighted by Crippen LogP contribution is 2.30. The summed E-state index contributed by atoms with van der Waals surface area (Å²) in [6.07, 6.45) is 4.29. The Bertz CT molecular complexity index is 481. The zero-order chi connectivity index (χ0) is 13.7. The first-order chi connectivity index (χ1) is 9.16. The number of nitrogens with two attached hydrogens (primary N) is 1. The molecular formula is C14H22N2O2S. The summed E-state index contributed by atoms with van der Waals surface area (Å²) in [4.78, 5) is 0. The molecule has 0 heterocycles. The molecule has 1 fully saturated rings. The predicted octanol–water partition coefficient (Wildman–Crippen LogP) is 2.11. The molecular weight excluding hydrogens is 260 g/mol. The minimum absolute atomic E-state index is 0.217. The molecule has 0 unspecified atom stereocenters. The highest BCUT2D eigenvalue weighted by atomic mass is 32.2. The smallest absolute Gasteiger partial charge is 0.238 e. The summed E-state index contributed by atoms with van der Waals surface area (Å²) in [6, 6.07) is 9.34. The average molecular weight is 282 g/mol. The molecule has 5 heteroatoms. The standard InChI is InChI=1S/C14H22N2O2S/c15-11-6-12-16(13-7-2-1-3-8-13)19(17,18)14-9-4-5-10-14/h1-3,7-8,14H,4-6,9-12,15H2. The van der Waals surface area contributed by atoms with Crippen LogP contribution in [0, 0.1) is 0 Å². The number of rotatable bonds is 6. The Morgan fingerprint density at radius 2 is 1.79 bits per heavy atom. The van der Waals surface area contributed by atoms with E-state index in [1.165, 1.54) is 0 Å². The van der Waals surface area contributed by atoms with Crippen LogP contribution in [0.3, 0.4) is 0 Å². The molecule has 1 aliphatic rings. The number of sulfonamides is 1. The molecule has 4 nitrogen and oxygen atoms in total. The molecule has 1 aliphatic carbocycles. The highest BCUT2D eigenvalue weighted by molar-refractivity contribution is 7.93. The maximum Gasteiger partial charge on any atom is 0.238 e. The first-order valence-electron chi connectivity index (χ1n) is 6.93. The molecule has 0 saturated heterocycles. The molecule has 0 aliphatic heterocycles. The molecule has 2 rings (SSSR count). The SMILES string of the molecule is NCCCN(c1ccccc1)S(=O)(=O)C1CCCC1. The van der Waals surface area contributed by atoms with Gasteiger partial charge in [0.25, 0.3) is 0 Å². The Labute approximate surface area is 115 Å². The summed E-state index contributed by atoms with van der Waals surface area (Å²) in [5.41, 5.74) is 6.28. The van der Waals surface area contributed by atoms with Crippen LogP contribution in [0.15, 0.2) is 30.3 Å². The third-order valence-electron chi connectivity index (χ3n) is 3.64. The van der Waals surface area contributed by atoms with Gasteiger partial charge in [-0.25, -0.2) is 8.42 Å². The van der Waals surface area contributed by atoms with Crippen LogP contribution in [-0.4, -0.2) is 26.8 Å². The lowest BCUT2D eigenvalue weighted by Crippen LogP contribution is -2.39. The summed E-state index contributed by atoms with van der Waals surface area (Å²) >= 11 is 0. The van der Waals surface area contributed by atoms with E-state index in [2.05, 4.69) is 0 Å². The van der Waals surface area contributed by atoms with Crippen molar-refractivity contribution in [2.24, 2.45) is 5.73 Å². The van der Waals surface area contributed by atoms with Gasteiger partial charge in [0.1, 0.15) is 0 Å². The van der Waals surface area contributed by atoms with Crippen molar-refractivity contribution >= 4 is 15.7 Å². The molecule has 0 amide bonds. The van der Waals surface area contributed by atoms with E-state index in [0.717, 1.165) is 31.4 Å².